The molecule has 2 aromatic rings. The largest absolute Gasteiger partial charge is 0.460 e. The molecule has 0 aliphatic heterocycles. The highest BCUT2D eigenvalue weighted by Gasteiger charge is 2.17. The summed E-state index contributed by atoms with van der Waals surface area (Å²) in [5, 5.41) is 7.82. The SMILES string of the molecule is CCOC(=O)c1nnc(C)n1Cc1cccc(Br)c1. The van der Waals surface area contributed by atoms with Crippen molar-refractivity contribution in [2.45, 2.75) is 20.4 Å². The van der Waals surface area contributed by atoms with Crippen molar-refractivity contribution in [1.82, 2.24) is 14.8 Å². The van der Waals surface area contributed by atoms with Gasteiger partial charge >= 0.3 is 5.97 Å². The van der Waals surface area contributed by atoms with Crippen LogP contribution in [0, 0.1) is 6.92 Å². The lowest BCUT2D eigenvalue weighted by molar-refractivity contribution is 0.0506. The van der Waals surface area contributed by atoms with E-state index in [1.807, 2.05) is 31.2 Å². The van der Waals surface area contributed by atoms with Gasteiger partial charge in [0.05, 0.1) is 13.2 Å². The molecule has 0 amide bonds. The maximum Gasteiger partial charge on any atom is 0.376 e. The lowest BCUT2D eigenvalue weighted by Crippen LogP contribution is -2.15. The fraction of sp³-hybridized carbons (Fsp3) is 0.308. The van der Waals surface area contributed by atoms with Crippen molar-refractivity contribution in [1.29, 1.82) is 0 Å². The summed E-state index contributed by atoms with van der Waals surface area (Å²) < 4.78 is 7.72. The van der Waals surface area contributed by atoms with Crippen molar-refractivity contribution in [3.05, 3.63) is 46.0 Å². The van der Waals surface area contributed by atoms with Crippen molar-refractivity contribution in [2.75, 3.05) is 6.61 Å². The van der Waals surface area contributed by atoms with Gasteiger partial charge in [0, 0.05) is 4.47 Å². The monoisotopic (exact) mass is 323 g/mol. The van der Waals surface area contributed by atoms with E-state index in [0.29, 0.717) is 19.0 Å². The molecule has 0 aliphatic rings. The number of ether oxygens (including phenoxy) is 1. The predicted octanol–water partition coefficient (Wildman–Crippen LogP) is 2.57. The van der Waals surface area contributed by atoms with Crippen molar-refractivity contribution >= 4 is 21.9 Å². The summed E-state index contributed by atoms with van der Waals surface area (Å²) in [6.07, 6.45) is 0. The summed E-state index contributed by atoms with van der Waals surface area (Å²) in [4.78, 5) is 11.8. The molecule has 0 N–H and O–H groups in total. The Morgan fingerprint density at radius 3 is 2.89 bits per heavy atom. The van der Waals surface area contributed by atoms with Crippen LogP contribution in [0.5, 0.6) is 0 Å². The summed E-state index contributed by atoms with van der Waals surface area (Å²) in [7, 11) is 0. The Morgan fingerprint density at radius 1 is 1.42 bits per heavy atom. The third kappa shape index (κ3) is 3.20. The van der Waals surface area contributed by atoms with E-state index in [0.717, 1.165) is 10.0 Å². The smallest absolute Gasteiger partial charge is 0.376 e. The highest BCUT2D eigenvalue weighted by atomic mass is 79.9. The first kappa shape index (κ1) is 13.7. The summed E-state index contributed by atoms with van der Waals surface area (Å²) in [5.74, 6) is 0.473. The van der Waals surface area contributed by atoms with Gasteiger partial charge in [-0.3, -0.25) is 0 Å². The number of rotatable bonds is 4. The minimum atomic E-state index is -0.446. The molecule has 100 valence electrons. The maximum absolute atomic E-state index is 11.8. The number of esters is 1. The van der Waals surface area contributed by atoms with Crippen molar-refractivity contribution < 1.29 is 9.53 Å². The Hall–Kier alpha value is -1.69. The summed E-state index contributed by atoms with van der Waals surface area (Å²) in [6, 6.07) is 7.88. The number of carbonyl (C=O) groups is 1. The van der Waals surface area contributed by atoms with Gasteiger partial charge in [-0.1, -0.05) is 28.1 Å². The Kier molecular flexibility index (Phi) is 4.31. The standard InChI is InChI=1S/C13H14BrN3O2/c1-3-19-13(18)12-16-15-9(2)17(12)8-10-5-4-6-11(14)7-10/h4-7H,3,8H2,1-2H3. The van der Waals surface area contributed by atoms with Crippen LogP contribution >= 0.6 is 15.9 Å². The highest BCUT2D eigenvalue weighted by molar-refractivity contribution is 9.10. The third-order valence-corrected chi connectivity index (χ3v) is 3.12. The van der Waals surface area contributed by atoms with E-state index in [4.69, 9.17) is 4.74 Å². The molecular formula is C13H14BrN3O2. The van der Waals surface area contributed by atoms with Crippen LogP contribution in [0.1, 0.15) is 28.9 Å². The van der Waals surface area contributed by atoms with E-state index in [1.165, 1.54) is 0 Å². The van der Waals surface area contributed by atoms with Crippen LogP contribution in [-0.2, 0) is 11.3 Å². The minimum absolute atomic E-state index is 0.235. The molecule has 0 fully saturated rings. The van der Waals surface area contributed by atoms with Crippen LogP contribution in [0.2, 0.25) is 0 Å². The van der Waals surface area contributed by atoms with Crippen molar-refractivity contribution in [3.8, 4) is 0 Å². The second kappa shape index (κ2) is 5.97. The van der Waals surface area contributed by atoms with Gasteiger partial charge in [-0.2, -0.15) is 0 Å². The molecule has 0 unspecified atom stereocenters. The van der Waals surface area contributed by atoms with E-state index in [-0.39, 0.29) is 5.82 Å². The quantitative estimate of drug-likeness (QED) is 0.811. The molecule has 0 aliphatic carbocycles. The van der Waals surface area contributed by atoms with Gasteiger partial charge in [-0.05, 0) is 31.5 Å². The number of carbonyl (C=O) groups excluding carboxylic acids is 1. The average molecular weight is 324 g/mol. The normalized spacial score (nSPS) is 10.5. The molecule has 0 saturated carbocycles. The first-order valence-electron chi connectivity index (χ1n) is 5.93. The zero-order valence-electron chi connectivity index (χ0n) is 10.8. The number of aromatic nitrogens is 3. The molecule has 6 heteroatoms. The average Bonchev–Trinajstić information content (AvgIpc) is 2.72. The summed E-state index contributed by atoms with van der Waals surface area (Å²) in [5.41, 5.74) is 1.06. The lowest BCUT2D eigenvalue weighted by atomic mass is 10.2. The van der Waals surface area contributed by atoms with Gasteiger partial charge in [0.25, 0.3) is 0 Å². The van der Waals surface area contributed by atoms with Gasteiger partial charge in [-0.15, -0.1) is 10.2 Å². The number of benzene rings is 1. The Bertz CT molecular complexity index is 595. The number of nitrogens with zero attached hydrogens (tertiary/aromatic N) is 3. The Labute approximate surface area is 119 Å². The van der Waals surface area contributed by atoms with E-state index in [9.17, 15) is 4.79 Å². The zero-order valence-corrected chi connectivity index (χ0v) is 12.3. The molecule has 0 saturated heterocycles. The maximum atomic E-state index is 11.8. The minimum Gasteiger partial charge on any atom is -0.460 e. The lowest BCUT2D eigenvalue weighted by Gasteiger charge is -2.08. The van der Waals surface area contributed by atoms with Crippen LogP contribution in [-0.4, -0.2) is 27.3 Å². The molecule has 0 spiro atoms. The molecule has 2 rings (SSSR count). The van der Waals surface area contributed by atoms with Crippen molar-refractivity contribution in [3.63, 3.8) is 0 Å². The van der Waals surface area contributed by atoms with Crippen LogP contribution in [0.25, 0.3) is 0 Å². The van der Waals surface area contributed by atoms with Crippen LogP contribution < -0.4 is 0 Å². The van der Waals surface area contributed by atoms with Crippen LogP contribution in [0.4, 0.5) is 0 Å². The molecule has 1 heterocycles. The van der Waals surface area contributed by atoms with Crippen LogP contribution in [0.15, 0.2) is 28.7 Å². The molecule has 1 aromatic heterocycles. The Morgan fingerprint density at radius 2 is 2.21 bits per heavy atom. The number of hydrogen-bond donors (Lipinski definition) is 0. The topological polar surface area (TPSA) is 57.0 Å². The number of hydrogen-bond acceptors (Lipinski definition) is 4. The van der Waals surface area contributed by atoms with Gasteiger partial charge in [0.1, 0.15) is 5.82 Å². The highest BCUT2D eigenvalue weighted by Crippen LogP contribution is 2.14. The summed E-state index contributed by atoms with van der Waals surface area (Å²) in [6.45, 7) is 4.43. The van der Waals surface area contributed by atoms with Gasteiger partial charge < -0.3 is 9.30 Å². The predicted molar refractivity (Wildman–Crippen MR) is 74.0 cm³/mol. The summed E-state index contributed by atoms with van der Waals surface area (Å²) >= 11 is 3.42. The van der Waals surface area contributed by atoms with E-state index in [1.54, 1.807) is 11.5 Å². The zero-order chi connectivity index (χ0) is 13.8. The van der Waals surface area contributed by atoms with Crippen molar-refractivity contribution in [2.24, 2.45) is 0 Å². The fourth-order valence-corrected chi connectivity index (χ4v) is 2.18. The van der Waals surface area contributed by atoms with Gasteiger partial charge in [0.2, 0.25) is 5.82 Å². The van der Waals surface area contributed by atoms with Crippen LogP contribution in [0.3, 0.4) is 0 Å². The fourth-order valence-electron chi connectivity index (χ4n) is 1.73. The first-order chi connectivity index (χ1) is 9.11. The molecule has 19 heavy (non-hydrogen) atoms. The molecule has 5 nitrogen and oxygen atoms in total. The Balaban J connectivity index is 2.29. The number of halogens is 1. The van der Waals surface area contributed by atoms with E-state index >= 15 is 0 Å². The first-order valence-corrected chi connectivity index (χ1v) is 6.72. The van der Waals surface area contributed by atoms with Gasteiger partial charge in [0.15, 0.2) is 0 Å². The molecule has 0 bridgehead atoms. The second-order valence-corrected chi connectivity index (χ2v) is 4.92. The second-order valence-electron chi connectivity index (χ2n) is 4.01. The molecule has 0 atom stereocenters. The molecule has 0 radical (unpaired) electrons. The molecule has 1 aromatic carbocycles. The van der Waals surface area contributed by atoms with E-state index in [2.05, 4.69) is 26.1 Å². The third-order valence-electron chi connectivity index (χ3n) is 2.62. The molecular weight excluding hydrogens is 310 g/mol. The van der Waals surface area contributed by atoms with Gasteiger partial charge in [-0.25, -0.2) is 4.79 Å². The van der Waals surface area contributed by atoms with E-state index < -0.39 is 5.97 Å². The number of aryl methyl sites for hydroxylation is 1.